The van der Waals surface area contributed by atoms with Crippen LogP contribution in [0.5, 0.6) is 0 Å². The molecule has 9 heteroatoms. The zero-order valence-corrected chi connectivity index (χ0v) is 16.6. The molecule has 1 aliphatic rings. The fourth-order valence-electron chi connectivity index (χ4n) is 2.76. The third-order valence-corrected chi connectivity index (χ3v) is 5.77. The number of carbonyl (C=O) groups is 2. The third kappa shape index (κ3) is 5.21. The van der Waals surface area contributed by atoms with Crippen LogP contribution in [0, 0.1) is 0 Å². The Labute approximate surface area is 169 Å². The second kappa shape index (κ2) is 8.89. The Morgan fingerprint density at radius 2 is 1.97 bits per heavy atom. The number of amides is 2. The number of rotatable bonds is 7. The molecule has 8 nitrogen and oxygen atoms in total. The van der Waals surface area contributed by atoms with Gasteiger partial charge in [0.25, 0.3) is 0 Å². The quantitative estimate of drug-likeness (QED) is 0.672. The van der Waals surface area contributed by atoms with Crippen molar-refractivity contribution in [3.8, 4) is 0 Å². The number of benzene rings is 2. The van der Waals surface area contributed by atoms with Gasteiger partial charge in [0.2, 0.25) is 15.9 Å². The Morgan fingerprint density at radius 1 is 1.21 bits per heavy atom. The van der Waals surface area contributed by atoms with Crippen LogP contribution in [0.25, 0.3) is 6.08 Å². The van der Waals surface area contributed by atoms with Crippen molar-refractivity contribution in [2.24, 2.45) is 0 Å². The monoisotopic (exact) mass is 415 g/mol. The normalized spacial score (nSPS) is 14.2. The number of nitrogens with zero attached hydrogens (tertiary/aromatic N) is 1. The summed E-state index contributed by atoms with van der Waals surface area (Å²) in [7, 11) is -2.14. The van der Waals surface area contributed by atoms with Crippen molar-refractivity contribution in [3.05, 3.63) is 65.7 Å². The minimum atomic E-state index is -3.48. The number of carbonyl (C=O) groups excluding carboxylic acids is 2. The zero-order chi connectivity index (χ0) is 20.9. The molecule has 3 rings (SSSR count). The van der Waals surface area contributed by atoms with E-state index in [9.17, 15) is 18.0 Å². The van der Waals surface area contributed by atoms with Crippen molar-refractivity contribution in [1.29, 1.82) is 0 Å². The van der Waals surface area contributed by atoms with E-state index in [2.05, 4.69) is 10.0 Å². The van der Waals surface area contributed by atoms with E-state index < -0.39 is 10.0 Å². The van der Waals surface area contributed by atoms with Gasteiger partial charge in [-0.2, -0.15) is 0 Å². The van der Waals surface area contributed by atoms with Gasteiger partial charge in [-0.25, -0.2) is 17.9 Å². The Morgan fingerprint density at radius 3 is 2.62 bits per heavy atom. The van der Waals surface area contributed by atoms with Crippen LogP contribution in [0.4, 0.5) is 10.5 Å². The van der Waals surface area contributed by atoms with Crippen LogP contribution in [0.3, 0.4) is 0 Å². The predicted octanol–water partition coefficient (Wildman–Crippen LogP) is 1.88. The minimum absolute atomic E-state index is 0.156. The van der Waals surface area contributed by atoms with Gasteiger partial charge in [-0.15, -0.1) is 0 Å². The number of cyclic esters (lactones) is 1. The lowest BCUT2D eigenvalue weighted by Crippen LogP contribution is -2.24. The molecule has 0 aromatic heterocycles. The van der Waals surface area contributed by atoms with Crippen molar-refractivity contribution in [2.75, 3.05) is 25.1 Å². The largest absolute Gasteiger partial charge is 0.447 e. The van der Waals surface area contributed by atoms with Crippen LogP contribution in [0.15, 0.2) is 59.5 Å². The molecule has 1 fully saturated rings. The lowest BCUT2D eigenvalue weighted by atomic mass is 10.2. The summed E-state index contributed by atoms with van der Waals surface area (Å²) in [6.07, 6.45) is 2.60. The second-order valence-electron chi connectivity index (χ2n) is 6.26. The summed E-state index contributed by atoms with van der Waals surface area (Å²) in [6.45, 7) is 1.18. The van der Waals surface area contributed by atoms with E-state index in [1.807, 2.05) is 24.3 Å². The van der Waals surface area contributed by atoms with Crippen LogP contribution < -0.4 is 14.9 Å². The van der Waals surface area contributed by atoms with Gasteiger partial charge in [-0.1, -0.05) is 24.3 Å². The maximum Gasteiger partial charge on any atom is 0.414 e. The summed E-state index contributed by atoms with van der Waals surface area (Å²) in [4.78, 5) is 25.4. The molecule has 0 unspecified atom stereocenters. The molecule has 0 aliphatic carbocycles. The average molecular weight is 415 g/mol. The molecule has 0 spiro atoms. The topological polar surface area (TPSA) is 105 Å². The van der Waals surface area contributed by atoms with Crippen LogP contribution in [-0.4, -0.2) is 40.6 Å². The molecular formula is C20H21N3O5S. The molecule has 2 N–H and O–H groups in total. The zero-order valence-electron chi connectivity index (χ0n) is 15.8. The maximum atomic E-state index is 12.1. The van der Waals surface area contributed by atoms with Crippen molar-refractivity contribution < 1.29 is 22.7 Å². The summed E-state index contributed by atoms with van der Waals surface area (Å²) in [6, 6.07) is 13.5. The molecule has 152 valence electrons. The van der Waals surface area contributed by atoms with E-state index in [0.717, 1.165) is 11.3 Å². The molecule has 2 amide bonds. The fraction of sp³-hybridized carbons (Fsp3) is 0.200. The van der Waals surface area contributed by atoms with Gasteiger partial charge in [0.05, 0.1) is 11.4 Å². The van der Waals surface area contributed by atoms with Gasteiger partial charge in [-0.3, -0.25) is 9.69 Å². The summed E-state index contributed by atoms with van der Waals surface area (Å²) < 4.78 is 30.6. The number of sulfonamides is 1. The summed E-state index contributed by atoms with van der Waals surface area (Å²) >= 11 is 0. The molecule has 1 saturated heterocycles. The summed E-state index contributed by atoms with van der Waals surface area (Å²) in [5.41, 5.74) is 2.28. The highest BCUT2D eigenvalue weighted by Gasteiger charge is 2.23. The average Bonchev–Trinajstić information content (AvgIpc) is 3.17. The Bertz CT molecular complexity index is 1030. The molecule has 2 aromatic carbocycles. The highest BCUT2D eigenvalue weighted by molar-refractivity contribution is 7.89. The van der Waals surface area contributed by atoms with Crippen LogP contribution >= 0.6 is 0 Å². The molecule has 0 radical (unpaired) electrons. The Kier molecular flexibility index (Phi) is 6.30. The molecule has 29 heavy (non-hydrogen) atoms. The lowest BCUT2D eigenvalue weighted by Gasteiger charge is -2.13. The van der Waals surface area contributed by atoms with Crippen LogP contribution in [0.2, 0.25) is 0 Å². The van der Waals surface area contributed by atoms with E-state index in [1.54, 1.807) is 23.1 Å². The SMILES string of the molecule is CNS(=O)(=O)c1ccc(C=CC(=O)NCc2cccc(N3CCOC3=O)c2)cc1. The summed E-state index contributed by atoms with van der Waals surface area (Å²) in [5.74, 6) is -0.289. The lowest BCUT2D eigenvalue weighted by molar-refractivity contribution is -0.116. The molecule has 1 aliphatic heterocycles. The van der Waals surface area contributed by atoms with Gasteiger partial charge in [-0.05, 0) is 48.5 Å². The van der Waals surface area contributed by atoms with E-state index >= 15 is 0 Å². The van der Waals surface area contributed by atoms with Crippen molar-refractivity contribution in [1.82, 2.24) is 10.0 Å². The van der Waals surface area contributed by atoms with Crippen molar-refractivity contribution in [2.45, 2.75) is 11.4 Å². The van der Waals surface area contributed by atoms with Gasteiger partial charge < -0.3 is 10.1 Å². The van der Waals surface area contributed by atoms with E-state index in [4.69, 9.17) is 4.74 Å². The molecular weight excluding hydrogens is 394 g/mol. The van der Waals surface area contributed by atoms with E-state index in [1.165, 1.54) is 25.3 Å². The van der Waals surface area contributed by atoms with Crippen molar-refractivity contribution in [3.63, 3.8) is 0 Å². The number of nitrogens with one attached hydrogen (secondary N) is 2. The minimum Gasteiger partial charge on any atom is -0.447 e. The van der Waals surface area contributed by atoms with E-state index in [0.29, 0.717) is 25.3 Å². The third-order valence-electron chi connectivity index (χ3n) is 4.34. The number of hydrogen-bond acceptors (Lipinski definition) is 5. The number of anilines is 1. The van der Waals surface area contributed by atoms with Crippen molar-refractivity contribution >= 4 is 33.8 Å². The van der Waals surface area contributed by atoms with Crippen LogP contribution in [0.1, 0.15) is 11.1 Å². The first-order valence-electron chi connectivity index (χ1n) is 8.92. The van der Waals surface area contributed by atoms with Gasteiger partial charge in [0.1, 0.15) is 6.61 Å². The highest BCUT2D eigenvalue weighted by atomic mass is 32.2. The first-order valence-corrected chi connectivity index (χ1v) is 10.4. The number of hydrogen-bond donors (Lipinski definition) is 2. The van der Waals surface area contributed by atoms with Crippen LogP contribution in [-0.2, 0) is 26.1 Å². The van der Waals surface area contributed by atoms with Gasteiger partial charge in [0, 0.05) is 18.3 Å². The molecule has 0 bridgehead atoms. The van der Waals surface area contributed by atoms with E-state index in [-0.39, 0.29) is 16.9 Å². The molecule has 0 atom stereocenters. The van der Waals surface area contributed by atoms with Gasteiger partial charge >= 0.3 is 6.09 Å². The fourth-order valence-corrected chi connectivity index (χ4v) is 3.49. The Balaban J connectivity index is 1.57. The molecule has 1 heterocycles. The maximum absolute atomic E-state index is 12.1. The van der Waals surface area contributed by atoms with Gasteiger partial charge in [0.15, 0.2) is 0 Å². The standard InChI is InChI=1S/C20H21N3O5S/c1-21-29(26,27)18-8-5-15(6-9-18)7-10-19(24)22-14-16-3-2-4-17(13-16)23-11-12-28-20(23)25/h2-10,13,21H,11-12,14H2,1H3,(H,22,24). The highest BCUT2D eigenvalue weighted by Crippen LogP contribution is 2.20. The smallest absolute Gasteiger partial charge is 0.414 e. The first-order chi connectivity index (χ1) is 13.9. The predicted molar refractivity (Wildman–Crippen MR) is 109 cm³/mol. The number of ether oxygens (including phenoxy) is 1. The molecule has 2 aromatic rings. The summed E-state index contributed by atoms with van der Waals surface area (Å²) in [5, 5.41) is 2.78. The second-order valence-corrected chi connectivity index (χ2v) is 8.15. The Hall–Kier alpha value is -3.17. The molecule has 0 saturated carbocycles. The first kappa shape index (κ1) is 20.6.